The molecule has 0 bridgehead atoms. The minimum atomic E-state index is -0.400. The topological polar surface area (TPSA) is 67.6 Å². The minimum Gasteiger partial charge on any atom is -0.380 e. The van der Waals surface area contributed by atoms with Crippen LogP contribution in [0.15, 0.2) is 4.52 Å². The Balaban J connectivity index is 1.75. The van der Waals surface area contributed by atoms with E-state index >= 15 is 0 Å². The van der Waals surface area contributed by atoms with E-state index in [1.807, 2.05) is 27.7 Å². The summed E-state index contributed by atoms with van der Waals surface area (Å²) in [5.74, 6) is 1.27. The molecule has 22 heavy (non-hydrogen) atoms. The number of hydrogen-bond donors (Lipinski definition) is 1. The second-order valence-electron chi connectivity index (χ2n) is 6.97. The number of hydrogen-bond acceptors (Lipinski definition) is 5. The van der Waals surface area contributed by atoms with Gasteiger partial charge in [-0.1, -0.05) is 5.16 Å². The third-order valence-electron chi connectivity index (χ3n) is 4.88. The molecule has 0 saturated carbocycles. The SMILES string of the molecule is Cc1noc(C)c1CN1C[C@H]2COC[C@@]2(C(=O)NC(C)C)C1. The number of carbonyl (C=O) groups excluding carboxylic acids is 1. The quantitative estimate of drug-likeness (QED) is 0.907. The molecule has 1 amide bonds. The molecule has 1 aromatic rings. The Bertz CT molecular complexity index is 549. The van der Waals surface area contributed by atoms with Crippen LogP contribution in [0.1, 0.15) is 30.9 Å². The molecular formula is C16H25N3O3. The normalized spacial score (nSPS) is 28.3. The van der Waals surface area contributed by atoms with E-state index < -0.39 is 5.41 Å². The Morgan fingerprint density at radius 1 is 1.50 bits per heavy atom. The van der Waals surface area contributed by atoms with Crippen LogP contribution in [0.25, 0.3) is 0 Å². The third-order valence-corrected chi connectivity index (χ3v) is 4.88. The molecule has 2 fully saturated rings. The van der Waals surface area contributed by atoms with Crippen LogP contribution in [0, 0.1) is 25.2 Å². The highest BCUT2D eigenvalue weighted by molar-refractivity contribution is 5.84. The zero-order chi connectivity index (χ0) is 15.9. The van der Waals surface area contributed by atoms with E-state index in [2.05, 4.69) is 15.4 Å². The van der Waals surface area contributed by atoms with E-state index in [0.717, 1.165) is 36.7 Å². The molecule has 0 spiro atoms. The average Bonchev–Trinajstić information content (AvgIpc) is 3.06. The van der Waals surface area contributed by atoms with Gasteiger partial charge >= 0.3 is 0 Å². The number of amides is 1. The van der Waals surface area contributed by atoms with Crippen LogP contribution in [-0.2, 0) is 16.1 Å². The maximum atomic E-state index is 12.7. The summed E-state index contributed by atoms with van der Waals surface area (Å²) in [6, 6.07) is 0.153. The Hall–Kier alpha value is -1.40. The molecule has 2 atom stereocenters. The van der Waals surface area contributed by atoms with E-state index in [1.54, 1.807) is 0 Å². The Labute approximate surface area is 131 Å². The zero-order valence-corrected chi connectivity index (χ0v) is 13.8. The van der Waals surface area contributed by atoms with Crippen molar-refractivity contribution in [3.63, 3.8) is 0 Å². The number of carbonyl (C=O) groups is 1. The molecule has 2 aliphatic rings. The van der Waals surface area contributed by atoms with Crippen molar-refractivity contribution < 1.29 is 14.1 Å². The molecule has 122 valence electrons. The number of aryl methyl sites for hydroxylation is 2. The lowest BCUT2D eigenvalue weighted by atomic mass is 9.80. The second kappa shape index (κ2) is 5.66. The van der Waals surface area contributed by atoms with Crippen molar-refractivity contribution in [2.75, 3.05) is 26.3 Å². The summed E-state index contributed by atoms with van der Waals surface area (Å²) in [6.07, 6.45) is 0. The highest BCUT2D eigenvalue weighted by Gasteiger charge is 2.55. The maximum Gasteiger partial charge on any atom is 0.230 e. The van der Waals surface area contributed by atoms with Crippen LogP contribution in [0.3, 0.4) is 0 Å². The number of nitrogens with zero attached hydrogens (tertiary/aromatic N) is 2. The van der Waals surface area contributed by atoms with E-state index in [9.17, 15) is 4.79 Å². The molecule has 0 radical (unpaired) electrons. The lowest BCUT2D eigenvalue weighted by molar-refractivity contribution is -0.132. The predicted molar refractivity (Wildman–Crippen MR) is 81.3 cm³/mol. The number of likely N-dealkylation sites (tertiary alicyclic amines) is 1. The first-order valence-corrected chi connectivity index (χ1v) is 7.95. The van der Waals surface area contributed by atoms with Gasteiger partial charge in [0.05, 0.1) is 24.3 Å². The molecule has 3 rings (SSSR count). The summed E-state index contributed by atoms with van der Waals surface area (Å²) in [4.78, 5) is 15.0. The molecule has 1 N–H and O–H groups in total. The van der Waals surface area contributed by atoms with E-state index in [4.69, 9.17) is 9.26 Å². The van der Waals surface area contributed by atoms with Gasteiger partial charge in [-0.2, -0.15) is 0 Å². The molecule has 3 heterocycles. The molecule has 2 aliphatic heterocycles. The van der Waals surface area contributed by atoms with Crippen LogP contribution in [0.2, 0.25) is 0 Å². The average molecular weight is 307 g/mol. The van der Waals surface area contributed by atoms with Crippen LogP contribution < -0.4 is 5.32 Å². The standard InChI is InChI=1S/C16H25N3O3/c1-10(2)17-15(20)16-8-19(5-13(16)7-21-9-16)6-14-11(3)18-22-12(14)4/h10,13H,5-9H2,1-4H3,(H,17,20)/t13-,16-/m0/s1. The van der Waals surface area contributed by atoms with Gasteiger partial charge in [-0.05, 0) is 27.7 Å². The van der Waals surface area contributed by atoms with Crippen molar-refractivity contribution >= 4 is 5.91 Å². The van der Waals surface area contributed by atoms with Crippen molar-refractivity contribution in [2.45, 2.75) is 40.3 Å². The van der Waals surface area contributed by atoms with Crippen molar-refractivity contribution in [2.24, 2.45) is 11.3 Å². The van der Waals surface area contributed by atoms with Crippen molar-refractivity contribution in [3.05, 3.63) is 17.0 Å². The lowest BCUT2D eigenvalue weighted by Gasteiger charge is -2.27. The Morgan fingerprint density at radius 3 is 2.91 bits per heavy atom. The summed E-state index contributed by atoms with van der Waals surface area (Å²) in [7, 11) is 0. The highest BCUT2D eigenvalue weighted by atomic mass is 16.5. The molecule has 1 aromatic heterocycles. The van der Waals surface area contributed by atoms with Gasteiger partial charge in [0.2, 0.25) is 5.91 Å². The van der Waals surface area contributed by atoms with Crippen molar-refractivity contribution in [3.8, 4) is 0 Å². The van der Waals surface area contributed by atoms with Crippen LogP contribution in [0.5, 0.6) is 0 Å². The smallest absolute Gasteiger partial charge is 0.230 e. The van der Waals surface area contributed by atoms with Gasteiger partial charge in [-0.25, -0.2) is 0 Å². The Morgan fingerprint density at radius 2 is 2.27 bits per heavy atom. The largest absolute Gasteiger partial charge is 0.380 e. The number of ether oxygens (including phenoxy) is 1. The third kappa shape index (κ3) is 2.54. The molecule has 6 nitrogen and oxygen atoms in total. The van der Waals surface area contributed by atoms with Gasteiger partial charge < -0.3 is 14.6 Å². The first-order valence-electron chi connectivity index (χ1n) is 7.95. The Kier molecular flexibility index (Phi) is 3.99. The summed E-state index contributed by atoms with van der Waals surface area (Å²) < 4.78 is 10.9. The predicted octanol–water partition coefficient (Wildman–Crippen LogP) is 1.26. The van der Waals surface area contributed by atoms with E-state index in [0.29, 0.717) is 13.2 Å². The number of rotatable bonds is 4. The van der Waals surface area contributed by atoms with Gasteiger partial charge in [-0.3, -0.25) is 9.69 Å². The molecule has 0 aliphatic carbocycles. The number of aromatic nitrogens is 1. The van der Waals surface area contributed by atoms with E-state index in [-0.39, 0.29) is 17.9 Å². The molecule has 2 saturated heterocycles. The summed E-state index contributed by atoms with van der Waals surface area (Å²) in [5, 5.41) is 7.09. The van der Waals surface area contributed by atoms with Gasteiger partial charge in [0, 0.05) is 37.2 Å². The fourth-order valence-corrected chi connectivity index (χ4v) is 3.64. The molecule has 0 unspecified atom stereocenters. The maximum absolute atomic E-state index is 12.7. The van der Waals surface area contributed by atoms with Gasteiger partial charge in [-0.15, -0.1) is 0 Å². The molecule has 0 aromatic carbocycles. The zero-order valence-electron chi connectivity index (χ0n) is 13.8. The van der Waals surface area contributed by atoms with Crippen molar-refractivity contribution in [1.82, 2.24) is 15.4 Å². The fourth-order valence-electron chi connectivity index (χ4n) is 3.64. The van der Waals surface area contributed by atoms with Crippen LogP contribution in [0.4, 0.5) is 0 Å². The lowest BCUT2D eigenvalue weighted by Crippen LogP contribution is -2.48. The molecular weight excluding hydrogens is 282 g/mol. The summed E-state index contributed by atoms with van der Waals surface area (Å²) in [6.45, 7) is 11.5. The summed E-state index contributed by atoms with van der Waals surface area (Å²) in [5.41, 5.74) is 1.68. The highest BCUT2D eigenvalue weighted by Crippen LogP contribution is 2.42. The fraction of sp³-hybridized carbons (Fsp3) is 0.750. The molecule has 6 heteroatoms. The van der Waals surface area contributed by atoms with Crippen LogP contribution in [-0.4, -0.2) is 48.3 Å². The van der Waals surface area contributed by atoms with E-state index in [1.165, 1.54) is 0 Å². The second-order valence-corrected chi connectivity index (χ2v) is 6.97. The first-order chi connectivity index (χ1) is 10.4. The van der Waals surface area contributed by atoms with Crippen molar-refractivity contribution in [1.29, 1.82) is 0 Å². The number of fused-ring (bicyclic) bond motifs is 1. The monoisotopic (exact) mass is 307 g/mol. The number of nitrogens with one attached hydrogen (secondary N) is 1. The van der Waals surface area contributed by atoms with Gasteiger partial charge in [0.1, 0.15) is 5.76 Å². The van der Waals surface area contributed by atoms with Gasteiger partial charge in [0.15, 0.2) is 0 Å². The van der Waals surface area contributed by atoms with Crippen LogP contribution >= 0.6 is 0 Å². The first kappa shape index (κ1) is 15.5. The van der Waals surface area contributed by atoms with Gasteiger partial charge in [0.25, 0.3) is 0 Å². The minimum absolute atomic E-state index is 0.131. The summed E-state index contributed by atoms with van der Waals surface area (Å²) >= 11 is 0.